The normalized spacial score (nSPS) is 9.50. The highest BCUT2D eigenvalue weighted by Gasteiger charge is 2.07. The van der Waals surface area contributed by atoms with Gasteiger partial charge in [0.15, 0.2) is 0 Å². The number of aromatic nitrogens is 2. The van der Waals surface area contributed by atoms with Crippen molar-refractivity contribution in [2.24, 2.45) is 0 Å². The number of aryl methyl sites for hydroxylation is 1. The third-order valence-corrected chi connectivity index (χ3v) is 1.45. The molecule has 0 saturated carbocycles. The number of hydrogen-bond donors (Lipinski definition) is 1. The van der Waals surface area contributed by atoms with Gasteiger partial charge in [-0.25, -0.2) is 9.97 Å². The highest BCUT2D eigenvalue weighted by Crippen LogP contribution is 1.99. The molecule has 1 N–H and O–H groups in total. The van der Waals surface area contributed by atoms with E-state index in [0.717, 1.165) is 5.56 Å². The number of amides is 1. The summed E-state index contributed by atoms with van der Waals surface area (Å²) in [6.07, 6.45) is 3.00. The monoisotopic (exact) mass is 165 g/mol. The first kappa shape index (κ1) is 8.64. The molecule has 0 aliphatic rings. The third-order valence-electron chi connectivity index (χ3n) is 1.45. The first-order chi connectivity index (χ1) is 5.75. The summed E-state index contributed by atoms with van der Waals surface area (Å²) in [5, 5.41) is 2.67. The van der Waals surface area contributed by atoms with Gasteiger partial charge in [-0.2, -0.15) is 0 Å². The van der Waals surface area contributed by atoms with E-state index in [1.54, 1.807) is 6.20 Å². The van der Waals surface area contributed by atoms with Crippen molar-refractivity contribution < 1.29 is 4.79 Å². The predicted octanol–water partition coefficient (Wildman–Crippen LogP) is 0.535. The van der Waals surface area contributed by atoms with E-state index >= 15 is 0 Å². The van der Waals surface area contributed by atoms with Crippen LogP contribution in [0.5, 0.6) is 0 Å². The van der Waals surface area contributed by atoms with Crippen molar-refractivity contribution in [1.82, 2.24) is 15.3 Å². The van der Waals surface area contributed by atoms with Crippen molar-refractivity contribution in [1.29, 1.82) is 0 Å². The minimum atomic E-state index is -0.141. The van der Waals surface area contributed by atoms with Crippen LogP contribution in [-0.4, -0.2) is 22.4 Å². The van der Waals surface area contributed by atoms with Gasteiger partial charge in [-0.05, 0) is 19.4 Å². The fourth-order valence-corrected chi connectivity index (χ4v) is 0.881. The second-order valence-electron chi connectivity index (χ2n) is 2.41. The van der Waals surface area contributed by atoms with E-state index in [4.69, 9.17) is 0 Å². The largest absolute Gasteiger partial charge is 0.351 e. The van der Waals surface area contributed by atoms with Crippen molar-refractivity contribution in [2.75, 3.05) is 6.54 Å². The van der Waals surface area contributed by atoms with E-state index in [1.165, 1.54) is 6.33 Å². The average molecular weight is 165 g/mol. The molecule has 64 valence electrons. The summed E-state index contributed by atoms with van der Waals surface area (Å²) in [5.41, 5.74) is 1.25. The summed E-state index contributed by atoms with van der Waals surface area (Å²) in [6, 6.07) is 0. The van der Waals surface area contributed by atoms with Crippen molar-refractivity contribution in [2.45, 2.75) is 13.8 Å². The molecule has 1 aromatic heterocycles. The van der Waals surface area contributed by atoms with Gasteiger partial charge in [-0.3, -0.25) is 4.79 Å². The molecular formula is C8H11N3O. The summed E-state index contributed by atoms with van der Waals surface area (Å²) >= 11 is 0. The van der Waals surface area contributed by atoms with Crippen LogP contribution in [0.25, 0.3) is 0 Å². The molecule has 1 aromatic rings. The summed E-state index contributed by atoms with van der Waals surface area (Å²) in [7, 11) is 0. The molecular weight excluding hydrogens is 154 g/mol. The van der Waals surface area contributed by atoms with Crippen LogP contribution in [0.3, 0.4) is 0 Å². The summed E-state index contributed by atoms with van der Waals surface area (Å²) < 4.78 is 0. The van der Waals surface area contributed by atoms with E-state index in [9.17, 15) is 4.79 Å². The van der Waals surface area contributed by atoms with Crippen molar-refractivity contribution in [3.05, 3.63) is 23.8 Å². The molecule has 4 heteroatoms. The van der Waals surface area contributed by atoms with Crippen LogP contribution in [0, 0.1) is 6.92 Å². The van der Waals surface area contributed by atoms with E-state index in [2.05, 4.69) is 15.3 Å². The molecule has 0 unspecified atom stereocenters. The molecule has 12 heavy (non-hydrogen) atoms. The molecule has 1 amide bonds. The minimum absolute atomic E-state index is 0.141. The Bertz CT molecular complexity index is 285. The highest BCUT2D eigenvalue weighted by atomic mass is 16.1. The number of carbonyl (C=O) groups is 1. The first-order valence-corrected chi connectivity index (χ1v) is 3.80. The topological polar surface area (TPSA) is 54.9 Å². The van der Waals surface area contributed by atoms with Crippen LogP contribution in [0.15, 0.2) is 12.5 Å². The zero-order valence-corrected chi connectivity index (χ0v) is 7.16. The second-order valence-corrected chi connectivity index (χ2v) is 2.41. The van der Waals surface area contributed by atoms with Gasteiger partial charge in [-0.1, -0.05) is 0 Å². The average Bonchev–Trinajstić information content (AvgIpc) is 2.05. The smallest absolute Gasteiger partial charge is 0.270 e. The number of rotatable bonds is 2. The summed E-state index contributed by atoms with van der Waals surface area (Å²) in [4.78, 5) is 18.9. The Labute approximate surface area is 71.0 Å². The molecule has 0 spiro atoms. The third kappa shape index (κ3) is 1.78. The number of nitrogens with zero attached hydrogens (tertiary/aromatic N) is 2. The van der Waals surface area contributed by atoms with Crippen molar-refractivity contribution in [3.8, 4) is 0 Å². The number of hydrogen-bond acceptors (Lipinski definition) is 3. The fourth-order valence-electron chi connectivity index (χ4n) is 0.881. The zero-order chi connectivity index (χ0) is 8.97. The zero-order valence-electron chi connectivity index (χ0n) is 7.16. The second kappa shape index (κ2) is 3.80. The van der Waals surface area contributed by atoms with Crippen LogP contribution in [0.2, 0.25) is 0 Å². The molecule has 4 nitrogen and oxygen atoms in total. The van der Waals surface area contributed by atoms with Gasteiger partial charge < -0.3 is 5.32 Å². The van der Waals surface area contributed by atoms with Gasteiger partial charge in [0.25, 0.3) is 5.91 Å². The molecule has 0 atom stereocenters. The molecule has 1 rings (SSSR count). The van der Waals surface area contributed by atoms with Crippen molar-refractivity contribution >= 4 is 5.91 Å². The Morgan fingerprint density at radius 1 is 1.67 bits per heavy atom. The van der Waals surface area contributed by atoms with E-state index in [0.29, 0.717) is 12.2 Å². The SMILES string of the molecule is CCNC(=O)c1ncncc1C. The van der Waals surface area contributed by atoms with Gasteiger partial charge >= 0.3 is 0 Å². The van der Waals surface area contributed by atoms with Crippen LogP contribution in [0.1, 0.15) is 23.0 Å². The maximum absolute atomic E-state index is 11.3. The molecule has 0 fully saturated rings. The maximum atomic E-state index is 11.3. The van der Waals surface area contributed by atoms with Crippen LogP contribution < -0.4 is 5.32 Å². The molecule has 0 bridgehead atoms. The van der Waals surface area contributed by atoms with Crippen LogP contribution >= 0.6 is 0 Å². The summed E-state index contributed by atoms with van der Waals surface area (Å²) in [6.45, 7) is 4.29. The van der Waals surface area contributed by atoms with E-state index < -0.39 is 0 Å². The molecule has 0 radical (unpaired) electrons. The molecule has 1 heterocycles. The van der Waals surface area contributed by atoms with Gasteiger partial charge in [0.1, 0.15) is 12.0 Å². The lowest BCUT2D eigenvalue weighted by atomic mass is 10.2. The molecule has 0 aromatic carbocycles. The number of nitrogens with one attached hydrogen (secondary N) is 1. The Morgan fingerprint density at radius 2 is 2.42 bits per heavy atom. The van der Waals surface area contributed by atoms with Crippen LogP contribution in [0.4, 0.5) is 0 Å². The Morgan fingerprint density at radius 3 is 3.00 bits per heavy atom. The number of carbonyl (C=O) groups excluding carboxylic acids is 1. The van der Waals surface area contributed by atoms with Gasteiger partial charge in [-0.15, -0.1) is 0 Å². The summed E-state index contributed by atoms with van der Waals surface area (Å²) in [5.74, 6) is -0.141. The van der Waals surface area contributed by atoms with E-state index in [1.807, 2.05) is 13.8 Å². The predicted molar refractivity (Wildman–Crippen MR) is 44.8 cm³/mol. The van der Waals surface area contributed by atoms with Crippen LogP contribution in [-0.2, 0) is 0 Å². The van der Waals surface area contributed by atoms with E-state index in [-0.39, 0.29) is 5.91 Å². The quantitative estimate of drug-likeness (QED) is 0.695. The molecule has 0 aliphatic carbocycles. The lowest BCUT2D eigenvalue weighted by molar-refractivity contribution is 0.0950. The lowest BCUT2D eigenvalue weighted by Gasteiger charge is -2.02. The highest BCUT2D eigenvalue weighted by molar-refractivity contribution is 5.93. The van der Waals surface area contributed by atoms with Crippen molar-refractivity contribution in [3.63, 3.8) is 0 Å². The van der Waals surface area contributed by atoms with Gasteiger partial charge in [0, 0.05) is 12.7 Å². The minimum Gasteiger partial charge on any atom is -0.351 e. The fraction of sp³-hybridized carbons (Fsp3) is 0.375. The Kier molecular flexibility index (Phi) is 2.74. The van der Waals surface area contributed by atoms with Gasteiger partial charge in [0.05, 0.1) is 0 Å². The molecule has 0 aliphatic heterocycles. The Hall–Kier alpha value is -1.45. The first-order valence-electron chi connectivity index (χ1n) is 3.80. The standard InChI is InChI=1S/C8H11N3O/c1-3-10-8(12)7-6(2)4-9-5-11-7/h4-5H,3H2,1-2H3,(H,10,12). The van der Waals surface area contributed by atoms with Gasteiger partial charge in [0.2, 0.25) is 0 Å². The Balaban J connectivity index is 2.87. The lowest BCUT2D eigenvalue weighted by Crippen LogP contribution is -2.24. The maximum Gasteiger partial charge on any atom is 0.270 e. The molecule has 0 saturated heterocycles.